The Morgan fingerprint density at radius 1 is 1.47 bits per heavy atom. The van der Waals surface area contributed by atoms with E-state index in [-0.39, 0.29) is 5.57 Å². The summed E-state index contributed by atoms with van der Waals surface area (Å²) >= 11 is 0. The zero-order chi connectivity index (χ0) is 12.7. The lowest BCUT2D eigenvalue weighted by molar-refractivity contribution is -0.132. The second-order valence-electron chi connectivity index (χ2n) is 3.28. The molecule has 0 aliphatic heterocycles. The number of hydrogen-bond acceptors (Lipinski definition) is 4. The van der Waals surface area contributed by atoms with Crippen LogP contribution in [0.25, 0.3) is 0 Å². The van der Waals surface area contributed by atoms with Gasteiger partial charge in [-0.1, -0.05) is 12.1 Å². The van der Waals surface area contributed by atoms with E-state index in [0.29, 0.717) is 6.54 Å². The Morgan fingerprint density at radius 3 is 2.59 bits per heavy atom. The zero-order valence-electron chi connectivity index (χ0n) is 9.43. The van der Waals surface area contributed by atoms with Crippen LogP contribution in [0, 0.1) is 5.41 Å². The monoisotopic (exact) mass is 234 g/mol. The maximum atomic E-state index is 10.6. The van der Waals surface area contributed by atoms with Crippen LogP contribution in [0.2, 0.25) is 0 Å². The fourth-order valence-electron chi connectivity index (χ4n) is 1.19. The van der Waals surface area contributed by atoms with Crippen molar-refractivity contribution in [1.29, 1.82) is 5.41 Å². The van der Waals surface area contributed by atoms with Crippen molar-refractivity contribution in [3.63, 3.8) is 0 Å². The summed E-state index contributed by atoms with van der Waals surface area (Å²) in [5.74, 6) is -0.350. The molecular weight excluding hydrogens is 220 g/mol. The molecule has 0 fully saturated rings. The minimum atomic E-state index is -1.12. The number of aliphatic carboxylic acids is 1. The molecule has 5 nitrogen and oxygen atoms in total. The van der Waals surface area contributed by atoms with Crippen molar-refractivity contribution in [2.24, 2.45) is 0 Å². The van der Waals surface area contributed by atoms with E-state index in [1.54, 1.807) is 7.11 Å². The molecule has 17 heavy (non-hydrogen) atoms. The smallest absolute Gasteiger partial charge is 0.338 e. The van der Waals surface area contributed by atoms with Crippen LogP contribution >= 0.6 is 0 Å². The fraction of sp³-hybridized carbons (Fsp3) is 0.167. The Morgan fingerprint density at radius 2 is 2.12 bits per heavy atom. The maximum absolute atomic E-state index is 10.6. The number of ether oxygens (including phenoxy) is 1. The van der Waals surface area contributed by atoms with Crippen molar-refractivity contribution in [3.05, 3.63) is 41.6 Å². The Bertz CT molecular complexity index is 424. The second kappa shape index (κ2) is 6.32. The molecule has 1 aromatic carbocycles. The molecule has 0 aromatic heterocycles. The summed E-state index contributed by atoms with van der Waals surface area (Å²) in [5.41, 5.74) is 0.912. The van der Waals surface area contributed by atoms with Crippen molar-refractivity contribution in [2.45, 2.75) is 6.54 Å². The van der Waals surface area contributed by atoms with Gasteiger partial charge >= 0.3 is 5.97 Å². The molecule has 0 aliphatic rings. The quantitative estimate of drug-likeness (QED) is 0.513. The van der Waals surface area contributed by atoms with Gasteiger partial charge in [0.05, 0.1) is 12.7 Å². The molecule has 0 saturated carbocycles. The summed E-state index contributed by atoms with van der Waals surface area (Å²) in [6.07, 6.45) is 2.10. The molecule has 0 radical (unpaired) electrons. The Balaban J connectivity index is 2.55. The number of benzene rings is 1. The Hall–Kier alpha value is -2.30. The molecule has 3 N–H and O–H groups in total. The first-order valence-electron chi connectivity index (χ1n) is 4.97. The van der Waals surface area contributed by atoms with E-state index in [4.69, 9.17) is 15.3 Å². The highest BCUT2D eigenvalue weighted by atomic mass is 16.5. The van der Waals surface area contributed by atoms with E-state index in [0.717, 1.165) is 17.5 Å². The summed E-state index contributed by atoms with van der Waals surface area (Å²) in [6.45, 7) is 0.495. The van der Waals surface area contributed by atoms with E-state index in [1.165, 1.54) is 6.20 Å². The third-order valence-electron chi connectivity index (χ3n) is 2.13. The number of rotatable bonds is 6. The molecule has 0 spiro atoms. The van der Waals surface area contributed by atoms with Crippen LogP contribution in [-0.4, -0.2) is 24.4 Å². The van der Waals surface area contributed by atoms with Gasteiger partial charge in [0, 0.05) is 19.0 Å². The van der Waals surface area contributed by atoms with E-state index >= 15 is 0 Å². The van der Waals surface area contributed by atoms with Gasteiger partial charge in [0.1, 0.15) is 5.75 Å². The Kier molecular flexibility index (Phi) is 4.75. The van der Waals surface area contributed by atoms with Crippen LogP contribution in [0.1, 0.15) is 5.56 Å². The Labute approximate surface area is 99.2 Å². The van der Waals surface area contributed by atoms with Crippen LogP contribution in [0.15, 0.2) is 36.0 Å². The molecule has 1 aromatic rings. The van der Waals surface area contributed by atoms with Crippen LogP contribution in [0.4, 0.5) is 0 Å². The van der Waals surface area contributed by atoms with Crippen molar-refractivity contribution in [2.75, 3.05) is 7.11 Å². The van der Waals surface area contributed by atoms with E-state index < -0.39 is 5.97 Å². The van der Waals surface area contributed by atoms with Crippen molar-refractivity contribution >= 4 is 12.2 Å². The molecule has 0 unspecified atom stereocenters. The van der Waals surface area contributed by atoms with Crippen LogP contribution in [0.3, 0.4) is 0 Å². The molecule has 5 heteroatoms. The van der Waals surface area contributed by atoms with Gasteiger partial charge in [-0.3, -0.25) is 0 Å². The predicted octanol–water partition coefficient (Wildman–Crippen LogP) is 1.40. The topological polar surface area (TPSA) is 82.4 Å². The van der Waals surface area contributed by atoms with Crippen molar-refractivity contribution < 1.29 is 14.6 Å². The summed E-state index contributed by atoms with van der Waals surface area (Å²) < 4.78 is 5.02. The van der Waals surface area contributed by atoms with Gasteiger partial charge in [-0.15, -0.1) is 0 Å². The molecule has 0 bridgehead atoms. The minimum Gasteiger partial charge on any atom is -0.497 e. The summed E-state index contributed by atoms with van der Waals surface area (Å²) in [4.78, 5) is 10.6. The minimum absolute atomic E-state index is 0.0847. The average molecular weight is 234 g/mol. The third kappa shape index (κ3) is 3.98. The molecule has 0 saturated heterocycles. The van der Waals surface area contributed by atoms with Gasteiger partial charge in [0.15, 0.2) is 0 Å². The first kappa shape index (κ1) is 12.8. The lowest BCUT2D eigenvalue weighted by atomic mass is 10.2. The molecule has 0 amide bonds. The number of methoxy groups -OCH3 is 1. The normalized spacial score (nSPS) is 10.8. The highest BCUT2D eigenvalue weighted by molar-refractivity contribution is 6.07. The molecule has 0 atom stereocenters. The van der Waals surface area contributed by atoms with Crippen LogP contribution < -0.4 is 10.1 Å². The van der Waals surface area contributed by atoms with Crippen LogP contribution in [0.5, 0.6) is 5.75 Å². The molecule has 0 aliphatic carbocycles. The van der Waals surface area contributed by atoms with Gasteiger partial charge in [-0.25, -0.2) is 4.79 Å². The number of nitrogens with one attached hydrogen (secondary N) is 2. The molecule has 90 valence electrons. The number of carboxylic acids is 1. The fourth-order valence-corrected chi connectivity index (χ4v) is 1.19. The molecule has 0 heterocycles. The highest BCUT2D eigenvalue weighted by Crippen LogP contribution is 2.10. The van der Waals surface area contributed by atoms with E-state index in [1.807, 2.05) is 24.3 Å². The summed E-state index contributed by atoms with van der Waals surface area (Å²) in [6, 6.07) is 7.42. The van der Waals surface area contributed by atoms with Gasteiger partial charge in [0.2, 0.25) is 0 Å². The lowest BCUT2D eigenvalue weighted by Crippen LogP contribution is -2.10. The molecule has 1 rings (SSSR count). The number of carbonyl (C=O) groups is 1. The highest BCUT2D eigenvalue weighted by Gasteiger charge is 2.01. The largest absolute Gasteiger partial charge is 0.497 e. The first-order chi connectivity index (χ1) is 8.17. The van der Waals surface area contributed by atoms with Crippen molar-refractivity contribution in [1.82, 2.24) is 5.32 Å². The SMILES string of the molecule is COc1ccc(CN/C=C(\C=N)C(=O)O)cc1. The standard InChI is InChI=1S/C12H14N2O3/c1-17-11-4-2-9(3-5-11)7-14-8-10(6-13)12(15)16/h2-6,8,13-14H,7H2,1H3,(H,15,16)/b10-8+,13-6?. The third-order valence-corrected chi connectivity index (χ3v) is 2.13. The number of carboxylic acid groups (broad SMARTS) is 1. The first-order valence-corrected chi connectivity index (χ1v) is 4.97. The van der Waals surface area contributed by atoms with Gasteiger partial charge in [-0.2, -0.15) is 0 Å². The zero-order valence-corrected chi connectivity index (χ0v) is 9.43. The number of hydrogen-bond donors (Lipinski definition) is 3. The second-order valence-corrected chi connectivity index (χ2v) is 3.28. The molecular formula is C12H14N2O3. The van der Waals surface area contributed by atoms with Gasteiger partial charge in [0.25, 0.3) is 0 Å². The predicted molar refractivity (Wildman–Crippen MR) is 64.3 cm³/mol. The van der Waals surface area contributed by atoms with Gasteiger partial charge < -0.3 is 20.6 Å². The van der Waals surface area contributed by atoms with Gasteiger partial charge in [-0.05, 0) is 17.7 Å². The maximum Gasteiger partial charge on any atom is 0.338 e. The average Bonchev–Trinajstić information content (AvgIpc) is 2.35. The van der Waals surface area contributed by atoms with E-state index in [2.05, 4.69) is 5.32 Å². The van der Waals surface area contributed by atoms with E-state index in [9.17, 15) is 4.79 Å². The van der Waals surface area contributed by atoms with Crippen molar-refractivity contribution in [3.8, 4) is 5.75 Å². The summed E-state index contributed by atoms with van der Waals surface area (Å²) in [5, 5.41) is 18.4. The lowest BCUT2D eigenvalue weighted by Gasteiger charge is -2.04. The van der Waals surface area contributed by atoms with Crippen LogP contribution in [-0.2, 0) is 11.3 Å². The summed E-state index contributed by atoms with van der Waals surface area (Å²) in [7, 11) is 1.60.